The third-order valence-corrected chi connectivity index (χ3v) is 0.992. The monoisotopic (exact) mass is 147 g/mol. The van der Waals surface area contributed by atoms with Crippen molar-refractivity contribution in [2.45, 2.75) is 6.92 Å². The lowest BCUT2D eigenvalue weighted by Crippen LogP contribution is -1.82. The van der Waals surface area contributed by atoms with Crippen molar-refractivity contribution in [3.8, 4) is 0 Å². The fraction of sp³-hybridized carbons (Fsp3) is 0.100. The van der Waals surface area contributed by atoms with Crippen molar-refractivity contribution in [2.24, 2.45) is 4.99 Å². The molecule has 0 spiro atoms. The topological polar surface area (TPSA) is 12.4 Å². The van der Waals surface area contributed by atoms with Crippen molar-refractivity contribution in [1.29, 1.82) is 0 Å². The molecule has 0 bridgehead atoms. The number of rotatable bonds is 4. The predicted octanol–water partition coefficient (Wildman–Crippen LogP) is 2.89. The van der Waals surface area contributed by atoms with E-state index in [1.807, 2.05) is 19.1 Å². The molecule has 0 aromatic carbocycles. The highest BCUT2D eigenvalue weighted by Crippen LogP contribution is 1.86. The third-order valence-electron chi connectivity index (χ3n) is 0.992. The molecule has 0 atom stereocenters. The van der Waals surface area contributed by atoms with E-state index in [0.29, 0.717) is 0 Å². The van der Waals surface area contributed by atoms with E-state index in [1.165, 1.54) is 0 Å². The highest BCUT2D eigenvalue weighted by atomic mass is 14.7. The zero-order chi connectivity index (χ0) is 8.53. The first-order chi connectivity index (χ1) is 5.35. The Morgan fingerprint density at radius 3 is 2.55 bits per heavy atom. The first-order valence-electron chi connectivity index (χ1n) is 3.45. The summed E-state index contributed by atoms with van der Waals surface area (Å²) < 4.78 is 0. The fourth-order valence-electron chi connectivity index (χ4n) is 0.524. The van der Waals surface area contributed by atoms with E-state index in [-0.39, 0.29) is 0 Å². The van der Waals surface area contributed by atoms with Gasteiger partial charge in [0.05, 0.1) is 5.71 Å². The number of hydrogen-bond donors (Lipinski definition) is 0. The van der Waals surface area contributed by atoms with Gasteiger partial charge < -0.3 is 0 Å². The van der Waals surface area contributed by atoms with Gasteiger partial charge in [-0.3, -0.25) is 4.99 Å². The van der Waals surface area contributed by atoms with E-state index in [9.17, 15) is 0 Å². The molecule has 1 nitrogen and oxygen atoms in total. The molecule has 0 amide bonds. The standard InChI is InChI=1S/C10H13N/c1-4-7-9-11-10(6-3)8-5-2/h4-9H,1,3H2,2H3/b8-5+,9-7-,11-10+. The van der Waals surface area contributed by atoms with Gasteiger partial charge in [-0.15, -0.1) is 0 Å². The Kier molecular flexibility index (Phi) is 5.91. The van der Waals surface area contributed by atoms with Crippen LogP contribution < -0.4 is 0 Å². The molecule has 0 N–H and O–H groups in total. The van der Waals surface area contributed by atoms with Crippen LogP contribution in [0.4, 0.5) is 0 Å². The summed E-state index contributed by atoms with van der Waals surface area (Å²) in [6.45, 7) is 9.09. The average molecular weight is 147 g/mol. The van der Waals surface area contributed by atoms with Crippen LogP contribution in [0.3, 0.4) is 0 Å². The van der Waals surface area contributed by atoms with Crippen molar-refractivity contribution in [1.82, 2.24) is 0 Å². The van der Waals surface area contributed by atoms with E-state index in [2.05, 4.69) is 18.2 Å². The molecule has 58 valence electrons. The summed E-state index contributed by atoms with van der Waals surface area (Å²) in [5.41, 5.74) is 0.852. The van der Waals surface area contributed by atoms with Gasteiger partial charge in [0.25, 0.3) is 0 Å². The number of nitrogens with zero attached hydrogens (tertiary/aromatic N) is 1. The third kappa shape index (κ3) is 5.09. The minimum atomic E-state index is 0.852. The van der Waals surface area contributed by atoms with Crippen molar-refractivity contribution in [3.63, 3.8) is 0 Å². The van der Waals surface area contributed by atoms with Crippen molar-refractivity contribution < 1.29 is 0 Å². The van der Waals surface area contributed by atoms with Gasteiger partial charge in [-0.2, -0.15) is 0 Å². The molecular formula is C10H13N. The normalized spacial score (nSPS) is 12.6. The van der Waals surface area contributed by atoms with E-state index in [4.69, 9.17) is 0 Å². The van der Waals surface area contributed by atoms with E-state index in [0.717, 1.165) is 5.71 Å². The Morgan fingerprint density at radius 1 is 1.36 bits per heavy atom. The zero-order valence-corrected chi connectivity index (χ0v) is 6.83. The molecule has 0 aromatic heterocycles. The van der Waals surface area contributed by atoms with Crippen LogP contribution in [0, 0.1) is 0 Å². The predicted molar refractivity (Wildman–Crippen MR) is 51.8 cm³/mol. The Labute approximate surface area is 68.2 Å². The lowest BCUT2D eigenvalue weighted by Gasteiger charge is -1.85. The van der Waals surface area contributed by atoms with Gasteiger partial charge in [0.1, 0.15) is 0 Å². The molecule has 0 rings (SSSR count). The largest absolute Gasteiger partial charge is 0.257 e. The lowest BCUT2D eigenvalue weighted by atomic mass is 10.3. The van der Waals surface area contributed by atoms with Gasteiger partial charge in [0.15, 0.2) is 0 Å². The molecule has 1 heteroatoms. The first-order valence-corrected chi connectivity index (χ1v) is 3.45. The second kappa shape index (κ2) is 6.75. The van der Waals surface area contributed by atoms with Gasteiger partial charge >= 0.3 is 0 Å². The molecule has 0 aliphatic carbocycles. The summed E-state index contributed by atoms with van der Waals surface area (Å²) in [6.07, 6.45) is 10.6. The van der Waals surface area contributed by atoms with Gasteiger partial charge in [0.2, 0.25) is 0 Å². The second-order valence-electron chi connectivity index (χ2n) is 1.84. The molecule has 0 heterocycles. The molecule has 11 heavy (non-hydrogen) atoms. The summed E-state index contributed by atoms with van der Waals surface area (Å²) in [6, 6.07) is 0. The lowest BCUT2D eigenvalue weighted by molar-refractivity contribution is 1.56. The Hall–Kier alpha value is -1.37. The molecule has 0 unspecified atom stereocenters. The van der Waals surface area contributed by atoms with Gasteiger partial charge in [0, 0.05) is 6.20 Å². The van der Waals surface area contributed by atoms with E-state index < -0.39 is 0 Å². The minimum absolute atomic E-state index is 0.852. The molecular weight excluding hydrogens is 134 g/mol. The first kappa shape index (κ1) is 9.63. The van der Waals surface area contributed by atoms with E-state index in [1.54, 1.807) is 24.4 Å². The van der Waals surface area contributed by atoms with Gasteiger partial charge in [-0.1, -0.05) is 25.3 Å². The molecule has 0 aromatic rings. The zero-order valence-electron chi connectivity index (χ0n) is 6.83. The maximum absolute atomic E-state index is 4.08. The van der Waals surface area contributed by atoms with Crippen molar-refractivity contribution in [2.75, 3.05) is 0 Å². The number of aliphatic imine (C=N–C) groups is 1. The van der Waals surface area contributed by atoms with E-state index >= 15 is 0 Å². The molecule has 0 aliphatic heterocycles. The number of hydrogen-bond acceptors (Lipinski definition) is 1. The summed E-state index contributed by atoms with van der Waals surface area (Å²) >= 11 is 0. The van der Waals surface area contributed by atoms with Crippen molar-refractivity contribution >= 4 is 5.71 Å². The van der Waals surface area contributed by atoms with Crippen LogP contribution in [0.25, 0.3) is 0 Å². The highest BCUT2D eigenvalue weighted by Gasteiger charge is 1.79. The maximum atomic E-state index is 4.08. The Balaban J connectivity index is 4.22. The van der Waals surface area contributed by atoms with Crippen LogP contribution in [-0.4, -0.2) is 5.71 Å². The maximum Gasteiger partial charge on any atom is 0.0620 e. The van der Waals surface area contributed by atoms with Crippen LogP contribution in [0.15, 0.2) is 54.7 Å². The molecule has 0 aliphatic rings. The quantitative estimate of drug-likeness (QED) is 0.428. The smallest absolute Gasteiger partial charge is 0.0620 e. The van der Waals surface area contributed by atoms with Crippen LogP contribution in [0.1, 0.15) is 6.92 Å². The highest BCUT2D eigenvalue weighted by molar-refractivity contribution is 6.03. The molecule has 0 fully saturated rings. The number of allylic oxidation sites excluding steroid dienone is 5. The second-order valence-corrected chi connectivity index (χ2v) is 1.84. The summed E-state index contributed by atoms with van der Waals surface area (Å²) in [5.74, 6) is 0. The van der Waals surface area contributed by atoms with Crippen LogP contribution >= 0.6 is 0 Å². The molecule has 0 saturated carbocycles. The summed E-state index contributed by atoms with van der Waals surface area (Å²) in [7, 11) is 0. The van der Waals surface area contributed by atoms with Gasteiger partial charge in [-0.25, -0.2) is 0 Å². The SMILES string of the molecule is C=C\C=C/N=C(C=C)/C=C/C. The summed E-state index contributed by atoms with van der Waals surface area (Å²) in [5, 5.41) is 0. The van der Waals surface area contributed by atoms with Crippen LogP contribution in [0.5, 0.6) is 0 Å². The van der Waals surface area contributed by atoms with Gasteiger partial charge in [-0.05, 0) is 25.2 Å². The average Bonchev–Trinajstić information content (AvgIpc) is 2.03. The summed E-state index contributed by atoms with van der Waals surface area (Å²) in [4.78, 5) is 4.08. The fourth-order valence-corrected chi connectivity index (χ4v) is 0.524. The van der Waals surface area contributed by atoms with Crippen molar-refractivity contribution in [3.05, 3.63) is 49.7 Å². The molecule has 0 radical (unpaired) electrons. The molecule has 0 saturated heterocycles. The van der Waals surface area contributed by atoms with Crippen LogP contribution in [-0.2, 0) is 0 Å². The van der Waals surface area contributed by atoms with Crippen LogP contribution in [0.2, 0.25) is 0 Å². The Morgan fingerprint density at radius 2 is 2.09 bits per heavy atom. The Bertz CT molecular complexity index is 207. The minimum Gasteiger partial charge on any atom is -0.257 e.